The zero-order valence-electron chi connectivity index (χ0n) is 6.20. The van der Waals surface area contributed by atoms with Gasteiger partial charge in [0.1, 0.15) is 0 Å². The second kappa shape index (κ2) is 2.98. The minimum atomic E-state index is -0.910. The first-order chi connectivity index (χ1) is 5.20. The monoisotopic (exact) mass is 160 g/mol. The van der Waals surface area contributed by atoms with Crippen LogP contribution >= 0.6 is 0 Å². The zero-order chi connectivity index (χ0) is 8.43. The van der Waals surface area contributed by atoms with Gasteiger partial charge in [-0.15, -0.1) is 0 Å². The largest absolute Gasteiger partial charge is 0.389 e. The molecule has 1 rings (SSSR count). The summed E-state index contributed by atoms with van der Waals surface area (Å²) in [5.41, 5.74) is 0. The average molecular weight is 160 g/mol. The van der Waals surface area contributed by atoms with Crippen LogP contribution in [0, 0.1) is 0 Å². The summed E-state index contributed by atoms with van der Waals surface area (Å²) in [6, 6.07) is 0. The van der Waals surface area contributed by atoms with Gasteiger partial charge in [0, 0.05) is 14.2 Å². The van der Waals surface area contributed by atoms with Crippen molar-refractivity contribution in [2.45, 2.75) is 12.2 Å². The van der Waals surface area contributed by atoms with E-state index in [0.717, 1.165) is 0 Å². The molecule has 0 saturated carbocycles. The Hall–Kier alpha value is -0.940. The number of carbonyl (C=O) groups excluding carboxylic acids is 2. The van der Waals surface area contributed by atoms with E-state index in [1.54, 1.807) is 0 Å². The highest BCUT2D eigenvalue weighted by atomic mass is 16.7. The molecular formula is C6H8O5. The highest BCUT2D eigenvalue weighted by molar-refractivity contribution is 5.99. The second-order valence-electron chi connectivity index (χ2n) is 2.05. The molecular weight excluding hydrogens is 152 g/mol. The normalized spacial score (nSPS) is 30.7. The van der Waals surface area contributed by atoms with Crippen LogP contribution in [-0.2, 0) is 23.8 Å². The quantitative estimate of drug-likeness (QED) is 0.387. The number of cyclic esters (lactones) is 2. The van der Waals surface area contributed by atoms with E-state index in [9.17, 15) is 9.59 Å². The van der Waals surface area contributed by atoms with Gasteiger partial charge >= 0.3 is 11.9 Å². The minimum absolute atomic E-state index is 0.690. The van der Waals surface area contributed by atoms with E-state index >= 15 is 0 Å². The number of ether oxygens (including phenoxy) is 3. The van der Waals surface area contributed by atoms with E-state index in [-0.39, 0.29) is 0 Å². The highest BCUT2D eigenvalue weighted by Gasteiger charge is 2.45. The molecule has 0 unspecified atom stereocenters. The Kier molecular flexibility index (Phi) is 2.21. The van der Waals surface area contributed by atoms with E-state index in [0.29, 0.717) is 0 Å². The van der Waals surface area contributed by atoms with Crippen molar-refractivity contribution in [3.05, 3.63) is 0 Å². The van der Waals surface area contributed by atoms with Crippen LogP contribution in [0.25, 0.3) is 0 Å². The van der Waals surface area contributed by atoms with E-state index < -0.39 is 24.1 Å². The molecule has 0 radical (unpaired) electrons. The van der Waals surface area contributed by atoms with Gasteiger partial charge in [-0.3, -0.25) is 0 Å². The molecule has 1 fully saturated rings. The van der Waals surface area contributed by atoms with Gasteiger partial charge in [0.2, 0.25) is 0 Å². The van der Waals surface area contributed by atoms with Crippen LogP contribution in [0.1, 0.15) is 0 Å². The van der Waals surface area contributed by atoms with Crippen molar-refractivity contribution < 1.29 is 23.8 Å². The summed E-state index contributed by atoms with van der Waals surface area (Å²) in [7, 11) is 2.63. The Morgan fingerprint density at radius 2 is 1.45 bits per heavy atom. The van der Waals surface area contributed by atoms with Gasteiger partial charge in [-0.05, 0) is 0 Å². The van der Waals surface area contributed by atoms with Gasteiger partial charge in [0.05, 0.1) is 0 Å². The SMILES string of the molecule is CO[C@H]1C(=O)OC(=O)[C@@H]1OC. The molecule has 0 amide bonds. The first-order valence-electron chi connectivity index (χ1n) is 3.02. The van der Waals surface area contributed by atoms with Gasteiger partial charge in [-0.25, -0.2) is 9.59 Å². The molecule has 0 aromatic rings. The summed E-state index contributed by atoms with van der Waals surface area (Å²) in [6.07, 6.45) is -1.82. The summed E-state index contributed by atoms with van der Waals surface area (Å²) >= 11 is 0. The zero-order valence-corrected chi connectivity index (χ0v) is 6.20. The molecule has 5 heteroatoms. The van der Waals surface area contributed by atoms with E-state index in [1.165, 1.54) is 14.2 Å². The molecule has 0 bridgehead atoms. The molecule has 1 aliphatic rings. The lowest BCUT2D eigenvalue weighted by molar-refractivity contribution is -0.155. The Morgan fingerprint density at radius 3 is 1.73 bits per heavy atom. The fourth-order valence-corrected chi connectivity index (χ4v) is 0.902. The van der Waals surface area contributed by atoms with Crippen LogP contribution in [0.3, 0.4) is 0 Å². The van der Waals surface area contributed by atoms with Crippen molar-refractivity contribution in [2.75, 3.05) is 14.2 Å². The standard InChI is InChI=1S/C6H8O5/c1-9-3-4(10-2)6(8)11-5(3)7/h3-4H,1-2H3/t3-,4-/m1/s1. The third-order valence-corrected chi connectivity index (χ3v) is 1.45. The molecule has 62 valence electrons. The molecule has 11 heavy (non-hydrogen) atoms. The lowest BCUT2D eigenvalue weighted by Crippen LogP contribution is -2.32. The summed E-state index contributed by atoms with van der Waals surface area (Å²) in [5.74, 6) is -1.38. The van der Waals surface area contributed by atoms with Crippen molar-refractivity contribution >= 4 is 11.9 Å². The fourth-order valence-electron chi connectivity index (χ4n) is 0.902. The number of hydrogen-bond acceptors (Lipinski definition) is 5. The molecule has 0 aromatic heterocycles. The Bertz CT molecular complexity index is 167. The van der Waals surface area contributed by atoms with Crippen molar-refractivity contribution in [1.82, 2.24) is 0 Å². The first kappa shape index (κ1) is 8.16. The van der Waals surface area contributed by atoms with E-state index in [1.807, 2.05) is 0 Å². The van der Waals surface area contributed by atoms with E-state index in [2.05, 4.69) is 14.2 Å². The lowest BCUT2D eigenvalue weighted by Gasteiger charge is -2.08. The summed E-state index contributed by atoms with van der Waals surface area (Å²) in [6.45, 7) is 0. The molecule has 0 aromatic carbocycles. The summed E-state index contributed by atoms with van der Waals surface area (Å²) in [5, 5.41) is 0. The number of methoxy groups -OCH3 is 2. The first-order valence-corrected chi connectivity index (χ1v) is 3.02. The van der Waals surface area contributed by atoms with Crippen molar-refractivity contribution in [3.63, 3.8) is 0 Å². The van der Waals surface area contributed by atoms with Gasteiger partial charge < -0.3 is 14.2 Å². The number of carbonyl (C=O) groups is 2. The maximum atomic E-state index is 10.7. The van der Waals surface area contributed by atoms with Gasteiger partial charge in [-0.1, -0.05) is 0 Å². The predicted molar refractivity (Wildman–Crippen MR) is 32.7 cm³/mol. The van der Waals surface area contributed by atoms with Crippen LogP contribution in [0.5, 0.6) is 0 Å². The van der Waals surface area contributed by atoms with Crippen LogP contribution in [0.15, 0.2) is 0 Å². The Labute approximate surface area is 63.2 Å². The third kappa shape index (κ3) is 1.24. The molecule has 1 aliphatic heterocycles. The second-order valence-corrected chi connectivity index (χ2v) is 2.05. The topological polar surface area (TPSA) is 61.8 Å². The molecule has 5 nitrogen and oxygen atoms in total. The van der Waals surface area contributed by atoms with Crippen LogP contribution in [0.2, 0.25) is 0 Å². The Balaban J connectivity index is 2.74. The third-order valence-electron chi connectivity index (χ3n) is 1.45. The minimum Gasteiger partial charge on any atom is -0.389 e. The molecule has 1 saturated heterocycles. The maximum Gasteiger partial charge on any atom is 0.346 e. The van der Waals surface area contributed by atoms with Crippen LogP contribution < -0.4 is 0 Å². The van der Waals surface area contributed by atoms with Crippen LogP contribution in [-0.4, -0.2) is 38.4 Å². The summed E-state index contributed by atoms with van der Waals surface area (Å²) < 4.78 is 13.6. The van der Waals surface area contributed by atoms with Crippen molar-refractivity contribution in [1.29, 1.82) is 0 Å². The number of rotatable bonds is 2. The lowest BCUT2D eigenvalue weighted by atomic mass is 10.2. The molecule has 1 heterocycles. The Morgan fingerprint density at radius 1 is 1.09 bits per heavy atom. The highest BCUT2D eigenvalue weighted by Crippen LogP contribution is 2.14. The summed E-state index contributed by atoms with van der Waals surface area (Å²) in [4.78, 5) is 21.5. The number of hydrogen-bond donors (Lipinski definition) is 0. The van der Waals surface area contributed by atoms with Crippen molar-refractivity contribution in [3.8, 4) is 0 Å². The van der Waals surface area contributed by atoms with E-state index in [4.69, 9.17) is 0 Å². The average Bonchev–Trinajstić information content (AvgIpc) is 2.24. The molecule has 0 N–H and O–H groups in total. The maximum absolute atomic E-state index is 10.7. The smallest absolute Gasteiger partial charge is 0.346 e. The van der Waals surface area contributed by atoms with Crippen LogP contribution in [0.4, 0.5) is 0 Å². The van der Waals surface area contributed by atoms with Gasteiger partial charge in [-0.2, -0.15) is 0 Å². The molecule has 0 spiro atoms. The predicted octanol–water partition coefficient (Wildman–Crippen LogP) is -0.900. The van der Waals surface area contributed by atoms with Gasteiger partial charge in [0.15, 0.2) is 12.2 Å². The molecule has 0 aliphatic carbocycles. The number of esters is 2. The molecule has 2 atom stereocenters. The fraction of sp³-hybridized carbons (Fsp3) is 0.667. The van der Waals surface area contributed by atoms with Gasteiger partial charge in [0.25, 0.3) is 0 Å². The van der Waals surface area contributed by atoms with Crippen molar-refractivity contribution in [2.24, 2.45) is 0 Å².